The molecule has 0 bridgehead atoms. The smallest absolute Gasteiger partial charge is 0.356 e. The van der Waals surface area contributed by atoms with Crippen LogP contribution in [0.4, 0.5) is 0 Å². The molecule has 0 radical (unpaired) electrons. The summed E-state index contributed by atoms with van der Waals surface area (Å²) in [7, 11) is 0. The fourth-order valence-corrected chi connectivity index (χ4v) is 2.70. The second-order valence-corrected chi connectivity index (χ2v) is 5.31. The molecule has 0 aromatic carbocycles. The number of nitrogens with one attached hydrogen (secondary N) is 1. The lowest BCUT2D eigenvalue weighted by molar-refractivity contribution is 0.0688. The SMILES string of the molecule is NCC(NC(=O)c1cnc(C(=O)O)cn1)C1CCCCC1. The molecule has 2 rings (SSSR count). The highest BCUT2D eigenvalue weighted by Gasteiger charge is 2.24. The molecule has 1 saturated carbocycles. The summed E-state index contributed by atoms with van der Waals surface area (Å²) in [6, 6.07) is -0.0706. The molecular formula is C14H20N4O3. The first-order chi connectivity index (χ1) is 10.1. The van der Waals surface area contributed by atoms with Gasteiger partial charge in [-0.2, -0.15) is 0 Å². The van der Waals surface area contributed by atoms with Crippen molar-refractivity contribution in [2.45, 2.75) is 38.1 Å². The van der Waals surface area contributed by atoms with E-state index in [1.54, 1.807) is 0 Å². The van der Waals surface area contributed by atoms with E-state index in [0.717, 1.165) is 19.0 Å². The van der Waals surface area contributed by atoms with Gasteiger partial charge in [-0.1, -0.05) is 19.3 Å². The third kappa shape index (κ3) is 3.98. The molecule has 0 saturated heterocycles. The fourth-order valence-electron chi connectivity index (χ4n) is 2.70. The summed E-state index contributed by atoms with van der Waals surface area (Å²) in [4.78, 5) is 30.3. The van der Waals surface area contributed by atoms with Gasteiger partial charge in [0.15, 0.2) is 5.69 Å². The molecule has 114 valence electrons. The maximum absolute atomic E-state index is 12.1. The van der Waals surface area contributed by atoms with Gasteiger partial charge in [-0.25, -0.2) is 14.8 Å². The Labute approximate surface area is 123 Å². The number of amides is 1. The van der Waals surface area contributed by atoms with Crippen molar-refractivity contribution >= 4 is 11.9 Å². The number of hydrogen-bond acceptors (Lipinski definition) is 5. The average molecular weight is 292 g/mol. The van der Waals surface area contributed by atoms with Crippen LogP contribution < -0.4 is 11.1 Å². The van der Waals surface area contributed by atoms with Crippen molar-refractivity contribution in [1.29, 1.82) is 0 Å². The van der Waals surface area contributed by atoms with Gasteiger partial charge in [-0.05, 0) is 18.8 Å². The Kier molecular flexibility index (Phi) is 5.21. The summed E-state index contributed by atoms with van der Waals surface area (Å²) in [5.41, 5.74) is 5.69. The van der Waals surface area contributed by atoms with Gasteiger partial charge in [0.25, 0.3) is 5.91 Å². The summed E-state index contributed by atoms with van der Waals surface area (Å²) in [5, 5.41) is 11.6. The van der Waals surface area contributed by atoms with E-state index in [1.807, 2.05) is 0 Å². The summed E-state index contributed by atoms with van der Waals surface area (Å²) in [5.74, 6) is -1.13. The number of aromatic carboxylic acids is 1. The van der Waals surface area contributed by atoms with Gasteiger partial charge in [0, 0.05) is 12.6 Å². The molecule has 0 spiro atoms. The van der Waals surface area contributed by atoms with Crippen LogP contribution in [-0.4, -0.2) is 39.5 Å². The van der Waals surface area contributed by atoms with Crippen LogP contribution in [0.15, 0.2) is 12.4 Å². The van der Waals surface area contributed by atoms with Gasteiger partial charge in [0.05, 0.1) is 12.4 Å². The Bertz CT molecular complexity index is 497. The zero-order chi connectivity index (χ0) is 15.2. The van der Waals surface area contributed by atoms with Crippen LogP contribution in [0.5, 0.6) is 0 Å². The first-order valence-electron chi connectivity index (χ1n) is 7.18. The topological polar surface area (TPSA) is 118 Å². The van der Waals surface area contributed by atoms with Crippen molar-refractivity contribution < 1.29 is 14.7 Å². The van der Waals surface area contributed by atoms with Gasteiger partial charge in [-0.3, -0.25) is 4.79 Å². The molecule has 7 heteroatoms. The molecule has 1 atom stereocenters. The van der Waals surface area contributed by atoms with Gasteiger partial charge >= 0.3 is 5.97 Å². The van der Waals surface area contributed by atoms with Gasteiger partial charge in [-0.15, -0.1) is 0 Å². The standard InChI is InChI=1S/C14H20N4O3/c15-6-10(9-4-2-1-3-5-9)18-13(19)11-7-17-12(8-16-11)14(20)21/h7-10H,1-6,15H2,(H,18,19)(H,20,21). The number of nitrogens with two attached hydrogens (primary N) is 1. The van der Waals surface area contributed by atoms with E-state index in [2.05, 4.69) is 15.3 Å². The normalized spacial score (nSPS) is 17.2. The molecule has 1 unspecified atom stereocenters. The molecular weight excluding hydrogens is 272 g/mol. The van der Waals surface area contributed by atoms with E-state index in [0.29, 0.717) is 12.5 Å². The molecule has 1 aromatic rings. The zero-order valence-electron chi connectivity index (χ0n) is 11.8. The molecule has 1 amide bonds. The van der Waals surface area contributed by atoms with Crippen LogP contribution in [0.1, 0.15) is 53.1 Å². The molecule has 0 aliphatic heterocycles. The summed E-state index contributed by atoms with van der Waals surface area (Å²) < 4.78 is 0. The van der Waals surface area contributed by atoms with E-state index in [1.165, 1.54) is 25.5 Å². The van der Waals surface area contributed by atoms with Crippen LogP contribution in [0, 0.1) is 5.92 Å². The summed E-state index contributed by atoms with van der Waals surface area (Å²) in [6.45, 7) is 0.386. The molecule has 1 heterocycles. The van der Waals surface area contributed by atoms with Gasteiger partial charge in [0.2, 0.25) is 0 Å². The van der Waals surface area contributed by atoms with E-state index in [-0.39, 0.29) is 23.3 Å². The maximum atomic E-state index is 12.1. The Morgan fingerprint density at radius 1 is 1.24 bits per heavy atom. The fraction of sp³-hybridized carbons (Fsp3) is 0.571. The lowest BCUT2D eigenvalue weighted by atomic mass is 9.84. The average Bonchev–Trinajstić information content (AvgIpc) is 2.53. The lowest BCUT2D eigenvalue weighted by Gasteiger charge is -2.29. The maximum Gasteiger partial charge on any atom is 0.356 e. The monoisotopic (exact) mass is 292 g/mol. The molecule has 1 fully saturated rings. The van der Waals surface area contributed by atoms with E-state index in [4.69, 9.17) is 10.8 Å². The van der Waals surface area contributed by atoms with Crippen LogP contribution in [-0.2, 0) is 0 Å². The molecule has 1 aliphatic carbocycles. The second kappa shape index (κ2) is 7.12. The highest BCUT2D eigenvalue weighted by Crippen LogP contribution is 2.26. The second-order valence-electron chi connectivity index (χ2n) is 5.31. The highest BCUT2D eigenvalue weighted by molar-refractivity contribution is 5.92. The third-order valence-corrected chi connectivity index (χ3v) is 3.89. The number of hydrogen-bond donors (Lipinski definition) is 3. The minimum atomic E-state index is -1.17. The number of carboxylic acids is 1. The lowest BCUT2D eigenvalue weighted by Crippen LogP contribution is -2.46. The molecule has 7 nitrogen and oxygen atoms in total. The van der Waals surface area contributed by atoms with Crippen molar-refractivity contribution in [3.05, 3.63) is 23.8 Å². The largest absolute Gasteiger partial charge is 0.476 e. The van der Waals surface area contributed by atoms with Crippen molar-refractivity contribution in [1.82, 2.24) is 15.3 Å². The first-order valence-corrected chi connectivity index (χ1v) is 7.18. The van der Waals surface area contributed by atoms with E-state index < -0.39 is 5.97 Å². The van der Waals surface area contributed by atoms with Crippen LogP contribution in [0.3, 0.4) is 0 Å². The van der Waals surface area contributed by atoms with Gasteiger partial charge in [0.1, 0.15) is 5.69 Å². The third-order valence-electron chi connectivity index (χ3n) is 3.89. The predicted octanol–water partition coefficient (Wildman–Crippen LogP) is 0.812. The number of carboxylic acid groups (broad SMARTS) is 1. The molecule has 1 aromatic heterocycles. The van der Waals surface area contributed by atoms with Gasteiger partial charge < -0.3 is 16.2 Å². The van der Waals surface area contributed by atoms with Crippen LogP contribution >= 0.6 is 0 Å². The summed E-state index contributed by atoms with van der Waals surface area (Å²) in [6.07, 6.45) is 7.98. The number of nitrogens with zero attached hydrogens (tertiary/aromatic N) is 2. The van der Waals surface area contributed by atoms with Crippen molar-refractivity contribution in [2.75, 3.05) is 6.54 Å². The van der Waals surface area contributed by atoms with E-state index >= 15 is 0 Å². The first kappa shape index (κ1) is 15.4. The van der Waals surface area contributed by atoms with Crippen molar-refractivity contribution in [3.8, 4) is 0 Å². The van der Waals surface area contributed by atoms with E-state index in [9.17, 15) is 9.59 Å². The molecule has 4 N–H and O–H groups in total. The Balaban J connectivity index is 1.99. The van der Waals surface area contributed by atoms with Crippen molar-refractivity contribution in [2.24, 2.45) is 11.7 Å². The van der Waals surface area contributed by atoms with Crippen LogP contribution in [0.25, 0.3) is 0 Å². The minimum Gasteiger partial charge on any atom is -0.476 e. The number of carbonyl (C=O) groups excluding carboxylic acids is 1. The Morgan fingerprint density at radius 2 is 1.86 bits per heavy atom. The predicted molar refractivity (Wildman–Crippen MR) is 75.9 cm³/mol. The Hall–Kier alpha value is -2.02. The highest BCUT2D eigenvalue weighted by atomic mass is 16.4. The minimum absolute atomic E-state index is 0.0706. The molecule has 1 aliphatic rings. The summed E-state index contributed by atoms with van der Waals surface area (Å²) >= 11 is 0. The van der Waals surface area contributed by atoms with Crippen LogP contribution in [0.2, 0.25) is 0 Å². The Morgan fingerprint density at radius 3 is 2.38 bits per heavy atom. The van der Waals surface area contributed by atoms with Crippen molar-refractivity contribution in [3.63, 3.8) is 0 Å². The quantitative estimate of drug-likeness (QED) is 0.739. The number of aromatic nitrogens is 2. The number of rotatable bonds is 5. The number of carbonyl (C=O) groups is 2. The molecule has 21 heavy (non-hydrogen) atoms. The zero-order valence-corrected chi connectivity index (χ0v) is 11.8.